The van der Waals surface area contributed by atoms with Gasteiger partial charge < -0.3 is 25.4 Å². The zero-order chi connectivity index (χ0) is 16.2. The van der Waals surface area contributed by atoms with Crippen molar-refractivity contribution < 1.29 is 9.47 Å². The Balaban J connectivity index is 1.75. The van der Waals surface area contributed by atoms with Crippen LogP contribution in [0.15, 0.2) is 18.2 Å². The van der Waals surface area contributed by atoms with Gasteiger partial charge in [-0.25, -0.2) is 0 Å². The topological polar surface area (TPSA) is 59.8 Å². The van der Waals surface area contributed by atoms with Crippen LogP contribution in [0.3, 0.4) is 0 Å². The zero-order valence-corrected chi connectivity index (χ0v) is 14.3. The first-order valence-corrected chi connectivity index (χ1v) is 8.69. The van der Waals surface area contributed by atoms with Crippen LogP contribution in [0.1, 0.15) is 25.7 Å². The second kappa shape index (κ2) is 7.41. The van der Waals surface area contributed by atoms with Gasteiger partial charge in [-0.1, -0.05) is 6.42 Å². The van der Waals surface area contributed by atoms with Gasteiger partial charge in [-0.2, -0.15) is 0 Å². The van der Waals surface area contributed by atoms with E-state index >= 15 is 0 Å². The van der Waals surface area contributed by atoms with Gasteiger partial charge in [-0.05, 0) is 37.9 Å². The number of rotatable bonds is 4. The average Bonchev–Trinajstić information content (AvgIpc) is 2.62. The van der Waals surface area contributed by atoms with Gasteiger partial charge in [0.1, 0.15) is 0 Å². The van der Waals surface area contributed by atoms with Crippen molar-refractivity contribution in [1.29, 1.82) is 0 Å². The molecule has 0 saturated carbocycles. The van der Waals surface area contributed by atoms with Crippen LogP contribution < -0.4 is 25.4 Å². The summed E-state index contributed by atoms with van der Waals surface area (Å²) >= 11 is 0. The number of methoxy groups -OCH3 is 2. The largest absolute Gasteiger partial charge is 0.493 e. The molecule has 1 aromatic rings. The second-order valence-electron chi connectivity index (χ2n) is 6.66. The van der Waals surface area contributed by atoms with Gasteiger partial charge in [0.05, 0.1) is 14.2 Å². The molecule has 23 heavy (non-hydrogen) atoms. The molecule has 0 spiro atoms. The lowest BCUT2D eigenvalue weighted by Crippen LogP contribution is -2.56. The molecule has 0 bridgehead atoms. The van der Waals surface area contributed by atoms with Gasteiger partial charge in [0.2, 0.25) is 0 Å². The van der Waals surface area contributed by atoms with Crippen molar-refractivity contribution in [3.63, 3.8) is 0 Å². The van der Waals surface area contributed by atoms with Crippen molar-refractivity contribution in [2.75, 3.05) is 38.8 Å². The quantitative estimate of drug-likeness (QED) is 0.889. The van der Waals surface area contributed by atoms with Crippen LogP contribution in [-0.4, -0.2) is 45.9 Å². The van der Waals surface area contributed by atoms with E-state index in [1.54, 1.807) is 14.2 Å². The summed E-state index contributed by atoms with van der Waals surface area (Å²) in [5.41, 5.74) is 7.63. The first kappa shape index (κ1) is 16.4. The number of nitrogens with one attached hydrogen (secondary N) is 1. The summed E-state index contributed by atoms with van der Waals surface area (Å²) in [5, 5.41) is 3.68. The van der Waals surface area contributed by atoms with Crippen molar-refractivity contribution in [2.24, 2.45) is 11.7 Å². The van der Waals surface area contributed by atoms with Crippen LogP contribution in [-0.2, 0) is 0 Å². The van der Waals surface area contributed by atoms with E-state index in [9.17, 15) is 0 Å². The molecule has 5 heteroatoms. The summed E-state index contributed by atoms with van der Waals surface area (Å²) in [7, 11) is 3.35. The Morgan fingerprint density at radius 1 is 1.13 bits per heavy atom. The number of hydrogen-bond donors (Lipinski definition) is 2. The molecule has 0 aliphatic carbocycles. The van der Waals surface area contributed by atoms with Crippen molar-refractivity contribution in [1.82, 2.24) is 5.32 Å². The minimum atomic E-state index is 0.294. The fourth-order valence-corrected chi connectivity index (χ4v) is 3.93. The molecule has 0 amide bonds. The van der Waals surface area contributed by atoms with E-state index < -0.39 is 0 Å². The van der Waals surface area contributed by atoms with E-state index in [1.165, 1.54) is 24.9 Å². The Morgan fingerprint density at radius 2 is 1.96 bits per heavy atom. The van der Waals surface area contributed by atoms with E-state index in [0.29, 0.717) is 18.0 Å². The molecular weight excluding hydrogens is 290 g/mol. The van der Waals surface area contributed by atoms with E-state index in [2.05, 4.69) is 22.3 Å². The van der Waals surface area contributed by atoms with Gasteiger partial charge in [0, 0.05) is 42.8 Å². The van der Waals surface area contributed by atoms with Crippen LogP contribution >= 0.6 is 0 Å². The molecule has 0 aromatic heterocycles. The molecule has 3 N–H and O–H groups in total. The average molecular weight is 319 g/mol. The second-order valence-corrected chi connectivity index (χ2v) is 6.66. The first-order valence-electron chi connectivity index (χ1n) is 8.69. The number of benzene rings is 1. The van der Waals surface area contributed by atoms with Crippen molar-refractivity contribution >= 4 is 5.69 Å². The van der Waals surface area contributed by atoms with E-state index in [-0.39, 0.29) is 0 Å². The van der Waals surface area contributed by atoms with Gasteiger partial charge in [0.15, 0.2) is 11.5 Å². The monoisotopic (exact) mass is 319 g/mol. The maximum atomic E-state index is 6.44. The molecular formula is C18H29N3O2. The van der Waals surface area contributed by atoms with Crippen molar-refractivity contribution in [3.05, 3.63) is 18.2 Å². The number of nitrogens with zero attached hydrogens (tertiary/aromatic N) is 1. The predicted molar refractivity (Wildman–Crippen MR) is 93.5 cm³/mol. The molecule has 3 rings (SSSR count). The first-order chi connectivity index (χ1) is 11.2. The van der Waals surface area contributed by atoms with Crippen LogP contribution in [0.4, 0.5) is 5.69 Å². The molecule has 2 heterocycles. The highest BCUT2D eigenvalue weighted by Gasteiger charge is 2.33. The third kappa shape index (κ3) is 3.56. The number of nitrogens with two attached hydrogens (primary N) is 1. The Labute approximate surface area is 139 Å². The third-order valence-electron chi connectivity index (χ3n) is 5.31. The van der Waals surface area contributed by atoms with E-state index in [4.69, 9.17) is 15.2 Å². The van der Waals surface area contributed by atoms with Crippen molar-refractivity contribution in [3.8, 4) is 11.5 Å². The van der Waals surface area contributed by atoms with Crippen LogP contribution in [0.2, 0.25) is 0 Å². The van der Waals surface area contributed by atoms with Crippen molar-refractivity contribution in [2.45, 2.75) is 37.8 Å². The molecule has 2 fully saturated rings. The summed E-state index contributed by atoms with van der Waals surface area (Å²) in [6.07, 6.45) is 4.89. The third-order valence-corrected chi connectivity index (χ3v) is 5.31. The minimum Gasteiger partial charge on any atom is -0.493 e. The SMILES string of the molecule is COc1ccc(N2CCC(N)C(C3CCCCN3)C2)cc1OC. The normalized spacial score (nSPS) is 28.5. The Morgan fingerprint density at radius 3 is 2.65 bits per heavy atom. The summed E-state index contributed by atoms with van der Waals surface area (Å²) in [4.78, 5) is 2.44. The summed E-state index contributed by atoms with van der Waals surface area (Å²) in [5.74, 6) is 2.07. The lowest BCUT2D eigenvalue weighted by Gasteiger charge is -2.43. The predicted octanol–water partition coefficient (Wildman–Crippen LogP) is 2.00. The molecule has 3 atom stereocenters. The highest BCUT2D eigenvalue weighted by atomic mass is 16.5. The van der Waals surface area contributed by atoms with E-state index in [0.717, 1.165) is 37.6 Å². The molecule has 2 aliphatic heterocycles. The Bertz CT molecular complexity index is 517. The zero-order valence-electron chi connectivity index (χ0n) is 14.3. The number of ether oxygens (including phenoxy) is 2. The lowest BCUT2D eigenvalue weighted by atomic mass is 9.82. The van der Waals surface area contributed by atoms with E-state index in [1.807, 2.05) is 6.07 Å². The standard InChI is InChI=1S/C18H29N3O2/c1-22-17-7-6-13(11-18(17)23-2)21-10-8-15(19)14(12-21)16-5-3-4-9-20-16/h6-7,11,14-16,20H,3-5,8-10,12,19H2,1-2H3. The van der Waals surface area contributed by atoms with Gasteiger partial charge in [0.25, 0.3) is 0 Å². The Hall–Kier alpha value is -1.46. The lowest BCUT2D eigenvalue weighted by molar-refractivity contribution is 0.235. The summed E-state index contributed by atoms with van der Waals surface area (Å²) in [6, 6.07) is 7.02. The van der Waals surface area contributed by atoms with Gasteiger partial charge in [-0.15, -0.1) is 0 Å². The molecule has 5 nitrogen and oxygen atoms in total. The molecule has 2 aliphatic rings. The van der Waals surface area contributed by atoms with Crippen LogP contribution in [0.5, 0.6) is 11.5 Å². The smallest absolute Gasteiger partial charge is 0.162 e. The van der Waals surface area contributed by atoms with Crippen LogP contribution in [0, 0.1) is 5.92 Å². The number of hydrogen-bond acceptors (Lipinski definition) is 5. The summed E-state index contributed by atoms with van der Waals surface area (Å²) in [6.45, 7) is 3.14. The minimum absolute atomic E-state index is 0.294. The van der Waals surface area contributed by atoms with Gasteiger partial charge >= 0.3 is 0 Å². The molecule has 2 saturated heterocycles. The fourth-order valence-electron chi connectivity index (χ4n) is 3.93. The highest BCUT2D eigenvalue weighted by Crippen LogP contribution is 2.34. The summed E-state index contributed by atoms with van der Waals surface area (Å²) < 4.78 is 10.8. The van der Waals surface area contributed by atoms with Gasteiger partial charge in [-0.3, -0.25) is 0 Å². The Kier molecular flexibility index (Phi) is 5.28. The van der Waals surface area contributed by atoms with Crippen LogP contribution in [0.25, 0.3) is 0 Å². The molecule has 0 radical (unpaired) electrons. The maximum absolute atomic E-state index is 6.44. The molecule has 1 aromatic carbocycles. The maximum Gasteiger partial charge on any atom is 0.162 e. The fraction of sp³-hybridized carbons (Fsp3) is 0.667. The molecule has 128 valence electrons. The number of piperidine rings is 2. The number of anilines is 1. The molecule has 3 unspecified atom stereocenters. The highest BCUT2D eigenvalue weighted by molar-refractivity contribution is 5.56.